The van der Waals surface area contributed by atoms with Gasteiger partial charge in [0.15, 0.2) is 0 Å². The van der Waals surface area contributed by atoms with Gasteiger partial charge in [-0.25, -0.2) is 0 Å². The van der Waals surface area contributed by atoms with Gasteiger partial charge < -0.3 is 0 Å². The molecule has 28 heavy (non-hydrogen) atoms. The zero-order valence-electron chi connectivity index (χ0n) is 20.0. The van der Waals surface area contributed by atoms with Crippen LogP contribution in [0.25, 0.3) is 0 Å². The van der Waals surface area contributed by atoms with E-state index in [0.29, 0.717) is 21.7 Å². The Hall–Kier alpha value is -1.04. The molecule has 0 nitrogen and oxygen atoms in total. The van der Waals surface area contributed by atoms with Gasteiger partial charge in [0.05, 0.1) is 0 Å². The van der Waals surface area contributed by atoms with E-state index in [9.17, 15) is 0 Å². The summed E-state index contributed by atoms with van der Waals surface area (Å²) in [6, 6.07) is 0. The summed E-state index contributed by atoms with van der Waals surface area (Å²) in [5.74, 6) is 0. The molecule has 0 spiro atoms. The summed E-state index contributed by atoms with van der Waals surface area (Å²) in [7, 11) is 0. The first-order chi connectivity index (χ1) is 12.9. The lowest BCUT2D eigenvalue weighted by Gasteiger charge is -2.45. The summed E-state index contributed by atoms with van der Waals surface area (Å²) >= 11 is 0. The number of hydrogen-bond acceptors (Lipinski definition) is 0. The van der Waals surface area contributed by atoms with Crippen LogP contribution in [0, 0.1) is 21.7 Å². The van der Waals surface area contributed by atoms with Crippen molar-refractivity contribution in [1.29, 1.82) is 0 Å². The predicted octanol–water partition coefficient (Wildman–Crippen LogP) is 8.96. The Balaban J connectivity index is 0.000000161. The number of rotatable bonds is 0. The van der Waals surface area contributed by atoms with Crippen molar-refractivity contribution in [3.8, 4) is 0 Å². The van der Waals surface area contributed by atoms with Gasteiger partial charge in [0, 0.05) is 0 Å². The average Bonchev–Trinajstić information content (AvgIpc) is 2.64. The van der Waals surface area contributed by atoms with E-state index in [2.05, 4.69) is 79.7 Å². The molecule has 0 aromatic carbocycles. The van der Waals surface area contributed by atoms with E-state index in [-0.39, 0.29) is 0 Å². The molecule has 4 rings (SSSR count). The summed E-state index contributed by atoms with van der Waals surface area (Å²) in [6.07, 6.45) is 19.8. The van der Waals surface area contributed by atoms with E-state index in [1.165, 1.54) is 51.4 Å². The second-order valence-electron chi connectivity index (χ2n) is 12.2. The molecule has 0 heterocycles. The number of hydrogen-bond donors (Lipinski definition) is 0. The van der Waals surface area contributed by atoms with Crippen LogP contribution in [-0.2, 0) is 0 Å². The Kier molecular flexibility index (Phi) is 5.67. The highest BCUT2D eigenvalue weighted by Crippen LogP contribution is 2.53. The fourth-order valence-electron chi connectivity index (χ4n) is 5.86. The molecule has 0 aromatic heterocycles. The van der Waals surface area contributed by atoms with Gasteiger partial charge in [0.1, 0.15) is 0 Å². The van der Waals surface area contributed by atoms with Crippen molar-refractivity contribution in [2.24, 2.45) is 21.7 Å². The monoisotopic (exact) mass is 380 g/mol. The molecule has 4 aliphatic carbocycles. The molecular formula is C28H44. The molecule has 0 amide bonds. The van der Waals surface area contributed by atoms with E-state index >= 15 is 0 Å². The van der Waals surface area contributed by atoms with Crippen molar-refractivity contribution in [2.45, 2.75) is 107 Å². The van der Waals surface area contributed by atoms with E-state index in [1.807, 2.05) is 0 Å². The molecule has 0 radical (unpaired) electrons. The Morgan fingerprint density at radius 2 is 0.964 bits per heavy atom. The van der Waals surface area contributed by atoms with Gasteiger partial charge in [-0.1, -0.05) is 96.4 Å². The predicted molar refractivity (Wildman–Crippen MR) is 124 cm³/mol. The first-order valence-corrected chi connectivity index (χ1v) is 11.7. The van der Waals surface area contributed by atoms with Crippen LogP contribution in [0.4, 0.5) is 0 Å². The highest BCUT2D eigenvalue weighted by Gasteiger charge is 2.39. The lowest BCUT2D eigenvalue weighted by molar-refractivity contribution is 0.252. The highest BCUT2D eigenvalue weighted by atomic mass is 14.4. The van der Waals surface area contributed by atoms with E-state index in [0.717, 1.165) is 0 Å². The van der Waals surface area contributed by atoms with Gasteiger partial charge in [0.2, 0.25) is 0 Å². The zero-order chi connectivity index (χ0) is 20.8. The van der Waals surface area contributed by atoms with Crippen molar-refractivity contribution < 1.29 is 0 Å². The van der Waals surface area contributed by atoms with Crippen molar-refractivity contribution in [3.05, 3.63) is 46.6 Å². The van der Waals surface area contributed by atoms with Crippen molar-refractivity contribution in [1.82, 2.24) is 0 Å². The fourth-order valence-corrected chi connectivity index (χ4v) is 5.86. The van der Waals surface area contributed by atoms with Crippen LogP contribution in [0.2, 0.25) is 0 Å². The summed E-state index contributed by atoms with van der Waals surface area (Å²) in [4.78, 5) is 0. The molecule has 0 heteroatoms. The fraction of sp³-hybridized carbons (Fsp3) is 0.714. The quantitative estimate of drug-likeness (QED) is 0.368. The minimum Gasteiger partial charge on any atom is -0.0841 e. The highest BCUT2D eigenvalue weighted by molar-refractivity contribution is 5.39. The molecule has 4 aliphatic rings. The molecule has 0 atom stereocenters. The van der Waals surface area contributed by atoms with Crippen LogP contribution in [0.1, 0.15) is 107 Å². The molecular weight excluding hydrogens is 336 g/mol. The smallest absolute Gasteiger partial charge is 0.0104 e. The normalized spacial score (nSPS) is 28.9. The Morgan fingerprint density at radius 1 is 0.536 bits per heavy atom. The topological polar surface area (TPSA) is 0 Å². The summed E-state index contributed by atoms with van der Waals surface area (Å²) in [6.45, 7) is 19.3. The van der Waals surface area contributed by atoms with Crippen molar-refractivity contribution >= 4 is 0 Å². The van der Waals surface area contributed by atoms with Crippen LogP contribution in [0.5, 0.6) is 0 Å². The Bertz CT molecular complexity index is 698. The van der Waals surface area contributed by atoms with Gasteiger partial charge in [-0.3, -0.25) is 0 Å². The first-order valence-electron chi connectivity index (χ1n) is 11.7. The SMILES string of the molecule is CC1(C)CCC(C)(C)C2=C1C=CCC2.CC1(C)CCC(C)(C)C2=C1CC=CC2. The van der Waals surface area contributed by atoms with E-state index < -0.39 is 0 Å². The first kappa shape index (κ1) is 21.7. The molecule has 0 fully saturated rings. The van der Waals surface area contributed by atoms with Gasteiger partial charge >= 0.3 is 0 Å². The van der Waals surface area contributed by atoms with Crippen molar-refractivity contribution in [2.75, 3.05) is 0 Å². The summed E-state index contributed by atoms with van der Waals surface area (Å²) in [5.41, 5.74) is 8.62. The van der Waals surface area contributed by atoms with Crippen molar-refractivity contribution in [3.63, 3.8) is 0 Å². The zero-order valence-corrected chi connectivity index (χ0v) is 20.0. The second-order valence-corrected chi connectivity index (χ2v) is 12.2. The molecule has 0 saturated heterocycles. The van der Waals surface area contributed by atoms with Crippen LogP contribution < -0.4 is 0 Å². The minimum absolute atomic E-state index is 0.418. The Labute approximate surface area is 175 Å². The van der Waals surface area contributed by atoms with Gasteiger partial charge in [-0.05, 0) is 78.6 Å². The third kappa shape index (κ3) is 4.12. The largest absolute Gasteiger partial charge is 0.0841 e. The molecule has 156 valence electrons. The van der Waals surface area contributed by atoms with E-state index in [4.69, 9.17) is 0 Å². The third-order valence-corrected chi connectivity index (χ3v) is 8.28. The van der Waals surface area contributed by atoms with E-state index in [1.54, 1.807) is 22.3 Å². The molecule has 0 aromatic rings. The van der Waals surface area contributed by atoms with Gasteiger partial charge in [-0.15, -0.1) is 0 Å². The third-order valence-electron chi connectivity index (χ3n) is 8.28. The summed E-state index contributed by atoms with van der Waals surface area (Å²) in [5, 5.41) is 0. The van der Waals surface area contributed by atoms with Crippen LogP contribution in [0.15, 0.2) is 46.6 Å². The van der Waals surface area contributed by atoms with Gasteiger partial charge in [-0.2, -0.15) is 0 Å². The standard InChI is InChI=1S/2C14H22/c2*1-13(2)9-10-14(3,4)12-8-6-5-7-11(12)13/h5,7H,6,8-10H2,1-4H3;5-6H,7-10H2,1-4H3. The minimum atomic E-state index is 0.418. The summed E-state index contributed by atoms with van der Waals surface area (Å²) < 4.78 is 0. The molecule has 0 aliphatic heterocycles. The maximum Gasteiger partial charge on any atom is -0.0104 e. The maximum atomic E-state index is 2.41. The Morgan fingerprint density at radius 3 is 1.43 bits per heavy atom. The van der Waals surface area contributed by atoms with Crippen LogP contribution in [0.3, 0.4) is 0 Å². The van der Waals surface area contributed by atoms with Crippen LogP contribution >= 0.6 is 0 Å². The average molecular weight is 381 g/mol. The molecule has 0 bridgehead atoms. The lowest BCUT2D eigenvalue weighted by Crippen LogP contribution is -2.31. The second kappa shape index (κ2) is 7.33. The van der Waals surface area contributed by atoms with Crippen LogP contribution in [-0.4, -0.2) is 0 Å². The molecule has 0 N–H and O–H groups in total. The molecule has 0 unspecified atom stereocenters. The molecule has 0 saturated carbocycles. The van der Waals surface area contributed by atoms with Gasteiger partial charge in [0.25, 0.3) is 0 Å². The number of allylic oxidation sites excluding steroid dienone is 8. The lowest BCUT2D eigenvalue weighted by atomic mass is 9.60. The maximum absolute atomic E-state index is 2.41.